The van der Waals surface area contributed by atoms with E-state index in [1.165, 1.54) is 0 Å². The summed E-state index contributed by atoms with van der Waals surface area (Å²) in [6, 6.07) is 8.13. The minimum atomic E-state index is 0.00865. The smallest absolute Gasteiger partial charge is 0.252 e. The van der Waals surface area contributed by atoms with Gasteiger partial charge in [0.15, 0.2) is 0 Å². The van der Waals surface area contributed by atoms with Crippen molar-refractivity contribution < 1.29 is 0 Å². The van der Waals surface area contributed by atoms with E-state index in [1.807, 2.05) is 19.1 Å². The highest BCUT2D eigenvalue weighted by Gasteiger charge is 2.03. The van der Waals surface area contributed by atoms with Crippen molar-refractivity contribution in [3.8, 4) is 0 Å². The maximum atomic E-state index is 12.1. The number of aryl methyl sites for hydroxylation is 1. The lowest BCUT2D eigenvalue weighted by atomic mass is 10.1. The van der Waals surface area contributed by atoms with Gasteiger partial charge in [0.2, 0.25) is 0 Å². The van der Waals surface area contributed by atoms with E-state index in [0.29, 0.717) is 6.54 Å². The van der Waals surface area contributed by atoms with Crippen molar-refractivity contribution in [1.82, 2.24) is 15.2 Å². The largest absolute Gasteiger partial charge is 0.322 e. The number of hydrogen-bond acceptors (Lipinski definition) is 3. The van der Waals surface area contributed by atoms with Crippen molar-refractivity contribution in [1.29, 1.82) is 0 Å². The fourth-order valence-electron chi connectivity index (χ4n) is 2.68. The number of aromatic amines is 1. The Kier molecular flexibility index (Phi) is 6.16. The number of aromatic nitrogens is 1. The molecule has 1 aromatic heterocycles. The van der Waals surface area contributed by atoms with Crippen LogP contribution in [0.3, 0.4) is 0 Å². The molecule has 0 radical (unpaired) electrons. The highest BCUT2D eigenvalue weighted by molar-refractivity contribution is 5.79. The van der Waals surface area contributed by atoms with Crippen molar-refractivity contribution >= 4 is 10.9 Å². The summed E-state index contributed by atoms with van der Waals surface area (Å²) in [5.74, 6) is 0. The monoisotopic (exact) mass is 301 g/mol. The molecule has 4 nitrogen and oxygen atoms in total. The molecule has 0 atom stereocenters. The van der Waals surface area contributed by atoms with E-state index < -0.39 is 0 Å². The molecule has 0 fully saturated rings. The molecule has 0 bridgehead atoms. The van der Waals surface area contributed by atoms with Gasteiger partial charge in [0.05, 0.1) is 0 Å². The van der Waals surface area contributed by atoms with Crippen LogP contribution in [-0.4, -0.2) is 36.1 Å². The van der Waals surface area contributed by atoms with Crippen molar-refractivity contribution in [2.24, 2.45) is 0 Å². The van der Waals surface area contributed by atoms with Gasteiger partial charge in [-0.3, -0.25) is 4.79 Å². The standard InChI is InChI=1S/C18H27N3O/c1-4-21(5-2)10-6-9-19-13-16-12-15-8-7-14(3)11-17(15)20-18(16)22/h7-8,11-12,19H,4-6,9-10,13H2,1-3H3,(H,20,22). The summed E-state index contributed by atoms with van der Waals surface area (Å²) >= 11 is 0. The molecule has 4 heteroatoms. The molecule has 0 aliphatic heterocycles. The fourth-order valence-corrected chi connectivity index (χ4v) is 2.68. The molecule has 2 rings (SSSR count). The van der Waals surface area contributed by atoms with Crippen LogP contribution >= 0.6 is 0 Å². The second-order valence-electron chi connectivity index (χ2n) is 5.77. The molecule has 0 saturated heterocycles. The van der Waals surface area contributed by atoms with Crippen LogP contribution in [0.2, 0.25) is 0 Å². The predicted octanol–water partition coefficient (Wildman–Crippen LogP) is 2.66. The first-order valence-corrected chi connectivity index (χ1v) is 8.19. The van der Waals surface area contributed by atoms with Gasteiger partial charge in [0.1, 0.15) is 0 Å². The number of H-pyrrole nitrogens is 1. The molecule has 2 aromatic rings. The molecule has 0 spiro atoms. The van der Waals surface area contributed by atoms with Crippen molar-refractivity contribution in [2.75, 3.05) is 26.2 Å². The van der Waals surface area contributed by atoms with Crippen LogP contribution in [0.4, 0.5) is 0 Å². The first-order chi connectivity index (χ1) is 10.6. The van der Waals surface area contributed by atoms with Gasteiger partial charge in [0.25, 0.3) is 5.56 Å². The molecule has 0 unspecified atom stereocenters. The summed E-state index contributed by atoms with van der Waals surface area (Å²) in [6.07, 6.45) is 1.10. The van der Waals surface area contributed by atoms with Crippen molar-refractivity contribution in [3.05, 3.63) is 45.7 Å². The van der Waals surface area contributed by atoms with Gasteiger partial charge >= 0.3 is 0 Å². The highest BCUT2D eigenvalue weighted by Crippen LogP contribution is 2.12. The average molecular weight is 301 g/mol. The maximum Gasteiger partial charge on any atom is 0.252 e. The summed E-state index contributed by atoms with van der Waals surface area (Å²) in [4.78, 5) is 17.5. The van der Waals surface area contributed by atoms with Gasteiger partial charge in [-0.2, -0.15) is 0 Å². The summed E-state index contributed by atoms with van der Waals surface area (Å²) in [6.45, 7) is 11.3. The van der Waals surface area contributed by atoms with Crippen LogP contribution in [-0.2, 0) is 6.54 Å². The molecule has 0 aliphatic carbocycles. The molecular weight excluding hydrogens is 274 g/mol. The minimum Gasteiger partial charge on any atom is -0.322 e. The van der Waals surface area contributed by atoms with Crippen LogP contribution in [0.1, 0.15) is 31.4 Å². The molecule has 1 aromatic carbocycles. The number of fused-ring (bicyclic) bond motifs is 1. The van der Waals surface area contributed by atoms with Gasteiger partial charge in [0, 0.05) is 17.6 Å². The van der Waals surface area contributed by atoms with Gasteiger partial charge in [-0.1, -0.05) is 26.0 Å². The Morgan fingerprint density at radius 3 is 2.68 bits per heavy atom. The molecule has 22 heavy (non-hydrogen) atoms. The number of benzene rings is 1. The van der Waals surface area contributed by atoms with Crippen LogP contribution in [0.15, 0.2) is 29.1 Å². The van der Waals surface area contributed by atoms with Crippen LogP contribution in [0.25, 0.3) is 10.9 Å². The van der Waals surface area contributed by atoms with Crippen molar-refractivity contribution in [2.45, 2.75) is 33.7 Å². The summed E-state index contributed by atoms with van der Waals surface area (Å²) in [5.41, 5.74) is 2.88. The summed E-state index contributed by atoms with van der Waals surface area (Å²) in [5, 5.41) is 4.46. The Bertz CT molecular complexity index is 659. The lowest BCUT2D eigenvalue weighted by molar-refractivity contribution is 0.298. The van der Waals surface area contributed by atoms with Crippen LogP contribution in [0.5, 0.6) is 0 Å². The number of pyridine rings is 1. The van der Waals surface area contributed by atoms with E-state index >= 15 is 0 Å². The lowest BCUT2D eigenvalue weighted by Gasteiger charge is -2.17. The van der Waals surface area contributed by atoms with E-state index in [1.54, 1.807) is 0 Å². The predicted molar refractivity (Wildman–Crippen MR) is 93.4 cm³/mol. The Labute approximate surface area is 132 Å². The summed E-state index contributed by atoms with van der Waals surface area (Å²) < 4.78 is 0. The Morgan fingerprint density at radius 1 is 1.18 bits per heavy atom. The maximum absolute atomic E-state index is 12.1. The van der Waals surface area contributed by atoms with E-state index in [2.05, 4.69) is 41.2 Å². The average Bonchev–Trinajstić information content (AvgIpc) is 2.51. The second kappa shape index (κ2) is 8.11. The Morgan fingerprint density at radius 2 is 1.95 bits per heavy atom. The second-order valence-corrected chi connectivity index (χ2v) is 5.77. The van der Waals surface area contributed by atoms with Gasteiger partial charge < -0.3 is 15.2 Å². The molecule has 120 valence electrons. The third-order valence-electron chi connectivity index (χ3n) is 4.12. The number of nitrogens with zero attached hydrogens (tertiary/aromatic N) is 1. The van der Waals surface area contributed by atoms with Gasteiger partial charge in [-0.05, 0) is 62.6 Å². The van der Waals surface area contributed by atoms with Crippen molar-refractivity contribution in [3.63, 3.8) is 0 Å². The Hall–Kier alpha value is -1.65. The number of hydrogen-bond donors (Lipinski definition) is 2. The molecule has 0 aliphatic rings. The molecule has 2 N–H and O–H groups in total. The van der Waals surface area contributed by atoms with E-state index in [4.69, 9.17) is 0 Å². The normalized spacial score (nSPS) is 11.5. The zero-order chi connectivity index (χ0) is 15.9. The lowest BCUT2D eigenvalue weighted by Crippen LogP contribution is -2.28. The molecule has 0 amide bonds. The first-order valence-electron chi connectivity index (χ1n) is 8.19. The van der Waals surface area contributed by atoms with Crippen LogP contribution in [0, 0.1) is 6.92 Å². The fraction of sp³-hybridized carbons (Fsp3) is 0.500. The zero-order valence-corrected chi connectivity index (χ0v) is 13.9. The van der Waals surface area contributed by atoms with Crippen LogP contribution < -0.4 is 10.9 Å². The minimum absolute atomic E-state index is 0.00865. The van der Waals surface area contributed by atoms with E-state index in [0.717, 1.165) is 54.6 Å². The van der Waals surface area contributed by atoms with Gasteiger partial charge in [-0.25, -0.2) is 0 Å². The topological polar surface area (TPSA) is 48.1 Å². The van der Waals surface area contributed by atoms with E-state index in [-0.39, 0.29) is 5.56 Å². The molecule has 0 saturated carbocycles. The Balaban J connectivity index is 1.90. The van der Waals surface area contributed by atoms with Gasteiger partial charge in [-0.15, -0.1) is 0 Å². The summed E-state index contributed by atoms with van der Waals surface area (Å²) in [7, 11) is 0. The van der Waals surface area contributed by atoms with E-state index in [9.17, 15) is 4.79 Å². The number of nitrogens with one attached hydrogen (secondary N) is 2. The quantitative estimate of drug-likeness (QED) is 0.737. The highest BCUT2D eigenvalue weighted by atomic mass is 16.1. The third-order valence-corrected chi connectivity index (χ3v) is 4.12. The number of rotatable bonds is 8. The molecule has 1 heterocycles. The third kappa shape index (κ3) is 4.42. The first kappa shape index (κ1) is 16.7. The zero-order valence-electron chi connectivity index (χ0n) is 13.9. The SMILES string of the molecule is CCN(CC)CCCNCc1cc2ccc(C)cc2[nH]c1=O. The molecular formula is C18H27N3O.